The van der Waals surface area contributed by atoms with Crippen LogP contribution in [0.1, 0.15) is 49.0 Å². The maximum Gasteiger partial charge on any atom is 0.255 e. The van der Waals surface area contributed by atoms with E-state index >= 15 is 0 Å². The zero-order valence-corrected chi connectivity index (χ0v) is 17.3. The summed E-state index contributed by atoms with van der Waals surface area (Å²) in [4.78, 5) is 22.4. The van der Waals surface area contributed by atoms with E-state index in [9.17, 15) is 9.90 Å². The number of hydrogen-bond donors (Lipinski definition) is 2. The molecule has 1 aliphatic rings. The SMILES string of the molecule is Cc1cccc(Cc2nc3c(c(=O)[nH]2)CN(CC(O)COC(C)(C)C)CC3)c1. The standard InChI is InChI=1S/C22H31N3O3/c1-15-6-5-7-16(10-15)11-20-23-19-8-9-25(13-18(19)21(27)24-20)12-17(26)14-28-22(2,3)4/h5-7,10,17,26H,8-9,11-14H2,1-4H3,(H,23,24,27). The molecule has 6 nitrogen and oxygen atoms in total. The Labute approximate surface area is 166 Å². The van der Waals surface area contributed by atoms with Crippen molar-refractivity contribution in [2.75, 3.05) is 19.7 Å². The van der Waals surface area contributed by atoms with Gasteiger partial charge in [-0.15, -0.1) is 0 Å². The Bertz CT molecular complexity index is 870. The first-order valence-corrected chi connectivity index (χ1v) is 9.90. The molecule has 0 bridgehead atoms. The average molecular weight is 386 g/mol. The third-order valence-corrected chi connectivity index (χ3v) is 4.83. The number of nitrogens with zero attached hydrogens (tertiary/aromatic N) is 2. The van der Waals surface area contributed by atoms with Crippen LogP contribution in [-0.2, 0) is 24.1 Å². The van der Waals surface area contributed by atoms with E-state index in [0.29, 0.717) is 37.3 Å². The number of β-amino-alcohol motifs (C(OH)–C–C–N with tert-alkyl or cyclic N) is 1. The molecule has 2 N–H and O–H groups in total. The number of benzene rings is 1. The lowest BCUT2D eigenvalue weighted by Crippen LogP contribution is -2.42. The summed E-state index contributed by atoms with van der Waals surface area (Å²) >= 11 is 0. The van der Waals surface area contributed by atoms with Gasteiger partial charge in [-0.05, 0) is 33.3 Å². The second-order valence-corrected chi connectivity index (χ2v) is 8.67. The topological polar surface area (TPSA) is 78.5 Å². The van der Waals surface area contributed by atoms with Gasteiger partial charge in [0.1, 0.15) is 5.82 Å². The molecule has 0 saturated heterocycles. The minimum Gasteiger partial charge on any atom is -0.389 e. The van der Waals surface area contributed by atoms with Crippen molar-refractivity contribution < 1.29 is 9.84 Å². The van der Waals surface area contributed by atoms with E-state index in [1.807, 2.05) is 26.8 Å². The first-order valence-electron chi connectivity index (χ1n) is 9.90. The molecule has 6 heteroatoms. The van der Waals surface area contributed by atoms with Crippen LogP contribution in [0, 0.1) is 6.92 Å². The van der Waals surface area contributed by atoms with Crippen LogP contribution >= 0.6 is 0 Å². The normalized spacial score (nSPS) is 16.0. The van der Waals surface area contributed by atoms with Gasteiger partial charge in [0.25, 0.3) is 5.56 Å². The van der Waals surface area contributed by atoms with E-state index in [1.165, 1.54) is 5.56 Å². The summed E-state index contributed by atoms with van der Waals surface area (Å²) in [5.41, 5.74) is 3.58. The fourth-order valence-electron chi connectivity index (χ4n) is 3.48. The molecule has 1 aliphatic heterocycles. The third-order valence-electron chi connectivity index (χ3n) is 4.83. The molecule has 2 aromatic rings. The zero-order chi connectivity index (χ0) is 20.3. The number of rotatable bonds is 6. The van der Waals surface area contributed by atoms with Crippen molar-refractivity contribution >= 4 is 0 Å². The maximum atomic E-state index is 12.6. The number of nitrogens with one attached hydrogen (secondary N) is 1. The Hall–Kier alpha value is -2.02. The summed E-state index contributed by atoms with van der Waals surface area (Å²) < 4.78 is 5.65. The van der Waals surface area contributed by atoms with Gasteiger partial charge in [-0.2, -0.15) is 0 Å². The molecule has 3 rings (SSSR count). The van der Waals surface area contributed by atoms with Crippen molar-refractivity contribution in [3.05, 3.63) is 62.8 Å². The Morgan fingerprint density at radius 2 is 2.14 bits per heavy atom. The monoisotopic (exact) mass is 385 g/mol. The quantitative estimate of drug-likeness (QED) is 0.797. The summed E-state index contributed by atoms with van der Waals surface area (Å²) in [6, 6.07) is 8.24. The molecule has 0 aliphatic carbocycles. The third kappa shape index (κ3) is 5.74. The van der Waals surface area contributed by atoms with Crippen molar-refractivity contribution in [3.8, 4) is 0 Å². The highest BCUT2D eigenvalue weighted by Crippen LogP contribution is 2.16. The van der Waals surface area contributed by atoms with Crippen molar-refractivity contribution in [3.63, 3.8) is 0 Å². The van der Waals surface area contributed by atoms with Gasteiger partial charge < -0.3 is 14.8 Å². The lowest BCUT2D eigenvalue weighted by Gasteiger charge is -2.30. The van der Waals surface area contributed by atoms with E-state index < -0.39 is 6.10 Å². The molecule has 152 valence electrons. The van der Waals surface area contributed by atoms with Gasteiger partial charge >= 0.3 is 0 Å². The number of hydrogen-bond acceptors (Lipinski definition) is 5. The zero-order valence-electron chi connectivity index (χ0n) is 17.3. The van der Waals surface area contributed by atoms with Gasteiger partial charge in [0.05, 0.1) is 29.6 Å². The minimum absolute atomic E-state index is 0.0715. The van der Waals surface area contributed by atoms with Crippen LogP contribution in [0.3, 0.4) is 0 Å². The summed E-state index contributed by atoms with van der Waals surface area (Å²) in [6.07, 6.45) is 0.761. The molecule has 1 aromatic carbocycles. The number of H-pyrrole nitrogens is 1. The predicted molar refractivity (Wildman–Crippen MR) is 110 cm³/mol. The van der Waals surface area contributed by atoms with Crippen LogP contribution in [0.2, 0.25) is 0 Å². The van der Waals surface area contributed by atoms with Crippen LogP contribution in [0.5, 0.6) is 0 Å². The number of fused-ring (bicyclic) bond motifs is 1. The molecule has 1 atom stereocenters. The Balaban J connectivity index is 1.65. The fraction of sp³-hybridized carbons (Fsp3) is 0.545. The van der Waals surface area contributed by atoms with Crippen LogP contribution in [0.15, 0.2) is 29.1 Å². The lowest BCUT2D eigenvalue weighted by atomic mass is 10.1. The average Bonchev–Trinajstić information content (AvgIpc) is 2.60. The van der Waals surface area contributed by atoms with Crippen molar-refractivity contribution in [1.29, 1.82) is 0 Å². The highest BCUT2D eigenvalue weighted by Gasteiger charge is 2.23. The Morgan fingerprint density at radius 3 is 2.86 bits per heavy atom. The summed E-state index contributed by atoms with van der Waals surface area (Å²) in [7, 11) is 0. The molecule has 0 spiro atoms. The lowest BCUT2D eigenvalue weighted by molar-refractivity contribution is -0.0570. The first kappa shape index (κ1) is 20.7. The fourth-order valence-corrected chi connectivity index (χ4v) is 3.48. The van der Waals surface area contributed by atoms with Crippen LogP contribution in [-0.4, -0.2) is 51.4 Å². The van der Waals surface area contributed by atoms with Gasteiger partial charge in [-0.3, -0.25) is 9.69 Å². The maximum absolute atomic E-state index is 12.6. The number of aliphatic hydroxyl groups is 1. The first-order chi connectivity index (χ1) is 13.2. The smallest absolute Gasteiger partial charge is 0.255 e. The molecule has 28 heavy (non-hydrogen) atoms. The number of aromatic nitrogens is 2. The highest BCUT2D eigenvalue weighted by molar-refractivity contribution is 5.27. The van der Waals surface area contributed by atoms with Crippen molar-refractivity contribution in [1.82, 2.24) is 14.9 Å². The van der Waals surface area contributed by atoms with E-state index in [1.54, 1.807) is 0 Å². The number of ether oxygens (including phenoxy) is 1. The molecule has 0 radical (unpaired) electrons. The predicted octanol–water partition coefficient (Wildman–Crippen LogP) is 2.20. The molecular weight excluding hydrogens is 354 g/mol. The Morgan fingerprint density at radius 1 is 1.36 bits per heavy atom. The number of aromatic amines is 1. The molecule has 2 heterocycles. The molecular formula is C22H31N3O3. The minimum atomic E-state index is -0.576. The van der Waals surface area contributed by atoms with Gasteiger partial charge in [0, 0.05) is 32.5 Å². The van der Waals surface area contributed by atoms with Crippen LogP contribution in [0.25, 0.3) is 0 Å². The Kier molecular flexibility index (Phi) is 6.33. The highest BCUT2D eigenvalue weighted by atomic mass is 16.5. The summed E-state index contributed by atoms with van der Waals surface area (Å²) in [6.45, 7) is 10.0. The van der Waals surface area contributed by atoms with E-state index in [4.69, 9.17) is 9.72 Å². The van der Waals surface area contributed by atoms with E-state index in [-0.39, 0.29) is 17.8 Å². The molecule has 1 unspecified atom stereocenters. The van der Waals surface area contributed by atoms with Crippen LogP contribution in [0.4, 0.5) is 0 Å². The van der Waals surface area contributed by atoms with Gasteiger partial charge in [-0.25, -0.2) is 4.98 Å². The molecule has 0 amide bonds. The summed E-state index contributed by atoms with van der Waals surface area (Å²) in [5, 5.41) is 10.2. The van der Waals surface area contributed by atoms with Gasteiger partial charge in [0.2, 0.25) is 0 Å². The number of aryl methyl sites for hydroxylation is 1. The largest absolute Gasteiger partial charge is 0.389 e. The number of aliphatic hydroxyl groups excluding tert-OH is 1. The molecule has 1 aromatic heterocycles. The van der Waals surface area contributed by atoms with E-state index in [2.05, 4.69) is 35.0 Å². The van der Waals surface area contributed by atoms with Gasteiger partial charge in [0.15, 0.2) is 0 Å². The van der Waals surface area contributed by atoms with Crippen LogP contribution < -0.4 is 5.56 Å². The van der Waals surface area contributed by atoms with Gasteiger partial charge in [-0.1, -0.05) is 29.8 Å². The molecule has 0 fully saturated rings. The second-order valence-electron chi connectivity index (χ2n) is 8.67. The summed E-state index contributed by atoms with van der Waals surface area (Å²) in [5.74, 6) is 0.710. The molecule has 0 saturated carbocycles. The van der Waals surface area contributed by atoms with E-state index in [0.717, 1.165) is 17.8 Å². The van der Waals surface area contributed by atoms with Crippen molar-refractivity contribution in [2.24, 2.45) is 0 Å². The second kappa shape index (κ2) is 8.55. The van der Waals surface area contributed by atoms with Crippen molar-refractivity contribution in [2.45, 2.75) is 58.8 Å².